The largest absolute Gasteiger partial charge is 0.345 e. The molecule has 1 unspecified atom stereocenters. The number of nitrogens with one attached hydrogen (secondary N) is 1. The summed E-state index contributed by atoms with van der Waals surface area (Å²) in [5.74, 6) is 1.58. The van der Waals surface area contributed by atoms with Crippen molar-refractivity contribution in [2.75, 3.05) is 5.75 Å². The van der Waals surface area contributed by atoms with Crippen molar-refractivity contribution in [2.45, 2.75) is 30.5 Å². The van der Waals surface area contributed by atoms with Crippen molar-refractivity contribution < 1.29 is 4.79 Å². The highest BCUT2D eigenvalue weighted by Crippen LogP contribution is 2.30. The maximum atomic E-state index is 12.3. The van der Waals surface area contributed by atoms with Crippen LogP contribution in [0, 0.1) is 5.92 Å². The van der Waals surface area contributed by atoms with Crippen LogP contribution in [0.1, 0.15) is 30.3 Å². The van der Waals surface area contributed by atoms with Gasteiger partial charge in [-0.25, -0.2) is 0 Å². The van der Waals surface area contributed by atoms with Crippen molar-refractivity contribution in [1.82, 2.24) is 20.1 Å². The van der Waals surface area contributed by atoms with Gasteiger partial charge in [0.2, 0.25) is 5.91 Å². The van der Waals surface area contributed by atoms with E-state index in [1.54, 1.807) is 0 Å². The average molecular weight is 377 g/mol. The van der Waals surface area contributed by atoms with E-state index in [0.29, 0.717) is 17.2 Å². The van der Waals surface area contributed by atoms with Crippen LogP contribution in [0.4, 0.5) is 0 Å². The van der Waals surface area contributed by atoms with Crippen LogP contribution >= 0.6 is 23.4 Å². The van der Waals surface area contributed by atoms with E-state index in [4.69, 9.17) is 11.6 Å². The minimum atomic E-state index is -0.207. The standard InChI is InChI=1S/C18H21ClN4OS/c1-12(19)11-25-18-22-21-16(23(18)2)15(20-17(24)14-8-9-14)10-13-6-4-3-5-7-13/h3-7,14-15H,1,8-11H2,2H3,(H,20,24). The molecule has 2 aromatic rings. The SMILES string of the molecule is C=C(Cl)CSc1nnc(C(Cc2ccccc2)NC(=O)C2CC2)n1C. The minimum Gasteiger partial charge on any atom is -0.345 e. The summed E-state index contributed by atoms with van der Waals surface area (Å²) in [5.41, 5.74) is 1.15. The van der Waals surface area contributed by atoms with Gasteiger partial charge in [0.15, 0.2) is 11.0 Å². The van der Waals surface area contributed by atoms with Crippen LogP contribution in [-0.4, -0.2) is 26.4 Å². The Bertz CT molecular complexity index is 758. The van der Waals surface area contributed by atoms with E-state index in [1.165, 1.54) is 11.8 Å². The summed E-state index contributed by atoms with van der Waals surface area (Å²) in [6.07, 6.45) is 2.63. The molecule has 1 aliphatic rings. The van der Waals surface area contributed by atoms with Crippen molar-refractivity contribution in [3.05, 3.63) is 53.3 Å². The van der Waals surface area contributed by atoms with Crippen LogP contribution in [0.2, 0.25) is 0 Å². The van der Waals surface area contributed by atoms with E-state index in [2.05, 4.69) is 34.2 Å². The monoisotopic (exact) mass is 376 g/mol. The average Bonchev–Trinajstić information content (AvgIpc) is 3.37. The van der Waals surface area contributed by atoms with E-state index < -0.39 is 0 Å². The molecule has 1 heterocycles. The summed E-state index contributed by atoms with van der Waals surface area (Å²) < 4.78 is 1.92. The fourth-order valence-corrected chi connectivity index (χ4v) is 3.43. The van der Waals surface area contributed by atoms with Crippen LogP contribution in [-0.2, 0) is 18.3 Å². The number of thioether (sulfide) groups is 1. The third-order valence-electron chi connectivity index (χ3n) is 4.09. The predicted molar refractivity (Wildman–Crippen MR) is 100 cm³/mol. The Morgan fingerprint density at radius 2 is 2.12 bits per heavy atom. The topological polar surface area (TPSA) is 59.8 Å². The van der Waals surface area contributed by atoms with Gasteiger partial charge in [0, 0.05) is 23.8 Å². The molecule has 1 atom stereocenters. The molecule has 0 radical (unpaired) electrons. The Balaban J connectivity index is 1.80. The number of aromatic nitrogens is 3. The fraction of sp³-hybridized carbons (Fsp3) is 0.389. The molecule has 5 nitrogen and oxygen atoms in total. The Kier molecular flexibility index (Phi) is 5.81. The zero-order chi connectivity index (χ0) is 17.8. The molecule has 3 rings (SSSR count). The molecular weight excluding hydrogens is 356 g/mol. The minimum absolute atomic E-state index is 0.104. The number of benzene rings is 1. The number of halogens is 1. The van der Waals surface area contributed by atoms with E-state index >= 15 is 0 Å². The molecular formula is C18H21ClN4OS. The lowest BCUT2D eigenvalue weighted by Gasteiger charge is -2.18. The second-order valence-corrected chi connectivity index (χ2v) is 7.71. The highest BCUT2D eigenvalue weighted by molar-refractivity contribution is 7.99. The van der Waals surface area contributed by atoms with Gasteiger partial charge in [0.25, 0.3) is 0 Å². The first kappa shape index (κ1) is 18.0. The molecule has 1 amide bonds. The van der Waals surface area contributed by atoms with E-state index in [0.717, 1.165) is 29.4 Å². The van der Waals surface area contributed by atoms with Crippen LogP contribution in [0.3, 0.4) is 0 Å². The quantitative estimate of drug-likeness (QED) is 0.716. The van der Waals surface area contributed by atoms with Crippen LogP contribution in [0.5, 0.6) is 0 Å². The molecule has 1 aliphatic carbocycles. The summed E-state index contributed by atoms with van der Waals surface area (Å²) >= 11 is 7.32. The first-order valence-corrected chi connectivity index (χ1v) is 9.60. The zero-order valence-corrected chi connectivity index (χ0v) is 15.7. The summed E-state index contributed by atoms with van der Waals surface area (Å²) in [6, 6.07) is 9.89. The lowest BCUT2D eigenvalue weighted by molar-refractivity contribution is -0.123. The van der Waals surface area contributed by atoms with Gasteiger partial charge in [-0.2, -0.15) is 0 Å². The van der Waals surface area contributed by atoms with Crippen molar-refractivity contribution in [1.29, 1.82) is 0 Å². The Morgan fingerprint density at radius 1 is 1.40 bits per heavy atom. The van der Waals surface area contributed by atoms with E-state index in [-0.39, 0.29) is 17.9 Å². The number of rotatable bonds is 8. The van der Waals surface area contributed by atoms with Gasteiger partial charge in [-0.15, -0.1) is 10.2 Å². The Labute approximate surface area is 156 Å². The van der Waals surface area contributed by atoms with Gasteiger partial charge < -0.3 is 9.88 Å². The number of carbonyl (C=O) groups is 1. The Hall–Kier alpha value is -1.79. The number of hydrogen-bond acceptors (Lipinski definition) is 4. The summed E-state index contributed by atoms with van der Waals surface area (Å²) in [7, 11) is 1.91. The smallest absolute Gasteiger partial charge is 0.223 e. The molecule has 0 saturated heterocycles. The van der Waals surface area contributed by atoms with Gasteiger partial charge in [-0.05, 0) is 24.8 Å². The number of hydrogen-bond donors (Lipinski definition) is 1. The number of carbonyl (C=O) groups excluding carboxylic acids is 1. The molecule has 0 aliphatic heterocycles. The molecule has 0 spiro atoms. The van der Waals surface area contributed by atoms with Crippen molar-refractivity contribution in [3.8, 4) is 0 Å². The van der Waals surface area contributed by atoms with Gasteiger partial charge >= 0.3 is 0 Å². The van der Waals surface area contributed by atoms with Crippen LogP contribution in [0.15, 0.2) is 47.1 Å². The molecule has 1 aromatic heterocycles. The summed E-state index contributed by atoms with van der Waals surface area (Å²) in [4.78, 5) is 12.3. The second-order valence-electron chi connectivity index (χ2n) is 6.23. The number of amides is 1. The van der Waals surface area contributed by atoms with Gasteiger partial charge in [-0.3, -0.25) is 4.79 Å². The molecule has 0 bridgehead atoms. The highest BCUT2D eigenvalue weighted by atomic mass is 35.5. The van der Waals surface area contributed by atoms with Crippen molar-refractivity contribution >= 4 is 29.3 Å². The van der Waals surface area contributed by atoms with Crippen molar-refractivity contribution in [3.63, 3.8) is 0 Å². The normalized spacial score (nSPS) is 15.0. The summed E-state index contributed by atoms with van der Waals surface area (Å²) in [5, 5.41) is 13.0. The third kappa shape index (κ3) is 4.86. The van der Waals surface area contributed by atoms with E-state index in [9.17, 15) is 4.79 Å². The lowest BCUT2D eigenvalue weighted by Crippen LogP contribution is -2.32. The maximum absolute atomic E-state index is 12.3. The first-order valence-electron chi connectivity index (χ1n) is 8.24. The maximum Gasteiger partial charge on any atom is 0.223 e. The van der Waals surface area contributed by atoms with Crippen LogP contribution in [0.25, 0.3) is 0 Å². The molecule has 1 fully saturated rings. The summed E-state index contributed by atoms with van der Waals surface area (Å²) in [6.45, 7) is 3.69. The van der Waals surface area contributed by atoms with Crippen molar-refractivity contribution in [2.24, 2.45) is 13.0 Å². The molecule has 25 heavy (non-hydrogen) atoms. The Morgan fingerprint density at radius 3 is 2.76 bits per heavy atom. The predicted octanol–water partition coefficient (Wildman–Crippen LogP) is 3.47. The lowest BCUT2D eigenvalue weighted by atomic mass is 10.0. The zero-order valence-electron chi connectivity index (χ0n) is 14.1. The second kappa shape index (κ2) is 8.06. The molecule has 7 heteroatoms. The van der Waals surface area contributed by atoms with E-state index in [1.807, 2.05) is 29.8 Å². The third-order valence-corrected chi connectivity index (χ3v) is 5.48. The van der Waals surface area contributed by atoms with Gasteiger partial charge in [0.1, 0.15) is 0 Å². The first-order chi connectivity index (χ1) is 12.0. The van der Waals surface area contributed by atoms with Gasteiger partial charge in [-0.1, -0.05) is 60.3 Å². The molecule has 1 N–H and O–H groups in total. The molecule has 132 valence electrons. The fourth-order valence-electron chi connectivity index (χ4n) is 2.59. The molecule has 1 aromatic carbocycles. The number of nitrogens with zero attached hydrogens (tertiary/aromatic N) is 3. The highest BCUT2D eigenvalue weighted by Gasteiger charge is 2.32. The van der Waals surface area contributed by atoms with Crippen LogP contribution < -0.4 is 5.32 Å². The molecule has 1 saturated carbocycles. The van der Waals surface area contributed by atoms with Gasteiger partial charge in [0.05, 0.1) is 6.04 Å².